The zero-order chi connectivity index (χ0) is 46.9. The Morgan fingerprint density at radius 3 is 1.85 bits per heavy atom. The Morgan fingerprint density at radius 2 is 1.26 bits per heavy atom. The van der Waals surface area contributed by atoms with E-state index in [0.29, 0.717) is 12.1 Å². The first-order valence-electron chi connectivity index (χ1n) is 20.1. The molecular weight excluding hydrogens is 897 g/mol. The minimum absolute atomic E-state index is 0.140. The first-order valence-corrected chi connectivity index (χ1v) is 23.0. The van der Waals surface area contributed by atoms with E-state index in [1.54, 1.807) is 72.9 Å². The Hall–Kier alpha value is -7.66. The average molecular weight is 933 g/mol. The van der Waals surface area contributed by atoms with E-state index in [1.165, 1.54) is 30.3 Å². The van der Waals surface area contributed by atoms with Crippen LogP contribution in [-0.2, 0) is 39.4 Å². The second-order valence-electron chi connectivity index (χ2n) is 15.1. The first kappa shape index (κ1) is 44.9. The molecule has 20 nitrogen and oxygen atoms in total. The lowest BCUT2D eigenvalue weighted by molar-refractivity contribution is -0.138. The van der Waals surface area contributed by atoms with E-state index in [2.05, 4.69) is 20.5 Å². The summed E-state index contributed by atoms with van der Waals surface area (Å²) in [5, 5.41) is 15.9. The van der Waals surface area contributed by atoms with Gasteiger partial charge < -0.3 is 0 Å². The van der Waals surface area contributed by atoms with Crippen molar-refractivity contribution in [3.8, 4) is 0 Å². The number of carbonyl (C=O) groups excluding carboxylic acids is 6. The maximum absolute atomic E-state index is 13.8. The van der Waals surface area contributed by atoms with E-state index in [9.17, 15) is 54.7 Å². The van der Waals surface area contributed by atoms with Crippen LogP contribution in [0.5, 0.6) is 0 Å². The van der Waals surface area contributed by atoms with Gasteiger partial charge in [0.05, 0.1) is 34.1 Å². The third-order valence-electron chi connectivity index (χ3n) is 10.9. The Morgan fingerprint density at radius 1 is 0.621 bits per heavy atom. The minimum Gasteiger partial charge on any atom is -0.282 e. The largest absolute Gasteiger partial charge is 0.342 e. The highest BCUT2D eigenvalue weighted by molar-refractivity contribution is 7.90. The van der Waals surface area contributed by atoms with Crippen LogP contribution in [0, 0.1) is 0 Å². The number of nitrogens with zero attached hydrogens (tertiary/aromatic N) is 8. The zero-order valence-corrected chi connectivity index (χ0v) is 35.8. The smallest absolute Gasteiger partial charge is 0.282 e. The van der Waals surface area contributed by atoms with Crippen LogP contribution >= 0.6 is 0 Å². The molecule has 2 heterocycles. The topological polar surface area (TPSA) is 274 Å². The van der Waals surface area contributed by atoms with Gasteiger partial charge in [-0.3, -0.25) is 33.2 Å². The van der Waals surface area contributed by atoms with Crippen LogP contribution in [0.25, 0.3) is 5.57 Å². The van der Waals surface area contributed by atoms with Crippen LogP contribution in [0.4, 0.5) is 26.7 Å². The van der Waals surface area contributed by atoms with Crippen molar-refractivity contribution in [1.29, 1.82) is 0 Å². The lowest BCUT2D eigenvalue weighted by Gasteiger charge is -2.38. The van der Waals surface area contributed by atoms with Gasteiger partial charge in [0.25, 0.3) is 43.9 Å². The highest BCUT2D eigenvalue weighted by Crippen LogP contribution is 2.38. The number of allylic oxidation sites excluding steroid dienone is 8. The molecule has 0 saturated carbocycles. The molecule has 8 amide bonds. The fourth-order valence-electron chi connectivity index (χ4n) is 7.74. The molecule has 22 heteroatoms. The van der Waals surface area contributed by atoms with Gasteiger partial charge in [-0.05, 0) is 67.3 Å². The molecule has 0 bridgehead atoms. The molecular formula is C44H36N8O12S2. The normalized spacial score (nSPS) is 23.0. The third kappa shape index (κ3) is 8.76. The number of hydrogen-bond acceptors (Lipinski definition) is 14. The second kappa shape index (κ2) is 18.1. The van der Waals surface area contributed by atoms with E-state index in [0.717, 1.165) is 43.9 Å². The summed E-state index contributed by atoms with van der Waals surface area (Å²) in [6.45, 7) is 0. The Labute approximate surface area is 376 Å². The molecule has 4 unspecified atom stereocenters. The lowest BCUT2D eigenvalue weighted by Crippen LogP contribution is -2.64. The molecule has 2 saturated heterocycles. The van der Waals surface area contributed by atoms with E-state index >= 15 is 0 Å². The number of imide groups is 4. The zero-order valence-electron chi connectivity index (χ0n) is 34.2. The Balaban J connectivity index is 1.10. The van der Waals surface area contributed by atoms with Crippen LogP contribution in [0.2, 0.25) is 0 Å². The SMILES string of the molecule is O=C1C(N=Nc2ccc(C3=C(S(=O)(=O)O)CC(N=NC4C(=O)N(c5ccccc5)C(=O)N(C5C=CC=CC5)C4=O)C=C3)c(S(=O)(=O)O)c2)C(=O)N(c2ccccc2)C(=O)N1C1=CC=CCC1. The summed E-state index contributed by atoms with van der Waals surface area (Å²) < 4.78 is 72.4. The summed E-state index contributed by atoms with van der Waals surface area (Å²) in [6.07, 6.45) is 14.4. The molecule has 2 fully saturated rings. The summed E-state index contributed by atoms with van der Waals surface area (Å²) >= 11 is 0. The van der Waals surface area contributed by atoms with Gasteiger partial charge in [-0.15, -0.1) is 0 Å². The van der Waals surface area contributed by atoms with Gasteiger partial charge in [0.2, 0.25) is 12.1 Å². The van der Waals surface area contributed by atoms with Crippen molar-refractivity contribution in [3.63, 3.8) is 0 Å². The standard InChI is InChI=1S/C44H36N8O12S2/c53-39-37(40(54)50(30-15-7-2-8-16-30)43(57)49(39)29-13-5-1-6-14-29)47-45-27-21-23-33(35(25-27)65(59,60)61)34-24-22-28(26-36(34)66(62,63)64)46-48-38-41(55)51(31-17-9-3-10-18-31)44(58)52(42(38)56)32-19-11-4-12-20-32/h1-11,13-15,17-19,21-24,26-27,30,37-38H,12,16,20,25H2,(H,59,60,61)(H,62,63,64). The minimum atomic E-state index is -5.23. The molecule has 0 radical (unpaired) electrons. The van der Waals surface area contributed by atoms with E-state index < -0.39 is 107 Å². The number of rotatable bonds is 11. The molecule has 0 spiro atoms. The number of azo groups is 2. The van der Waals surface area contributed by atoms with Crippen LogP contribution < -0.4 is 9.80 Å². The number of carbonyl (C=O) groups is 6. The highest BCUT2D eigenvalue weighted by atomic mass is 32.2. The van der Waals surface area contributed by atoms with Gasteiger partial charge in [-0.25, -0.2) is 24.3 Å². The predicted molar refractivity (Wildman–Crippen MR) is 235 cm³/mol. The monoisotopic (exact) mass is 932 g/mol. The van der Waals surface area contributed by atoms with Gasteiger partial charge in [0.1, 0.15) is 4.90 Å². The van der Waals surface area contributed by atoms with E-state index in [-0.39, 0.29) is 29.9 Å². The predicted octanol–water partition coefficient (Wildman–Crippen LogP) is 6.24. The van der Waals surface area contributed by atoms with Crippen LogP contribution in [0.3, 0.4) is 0 Å². The van der Waals surface area contributed by atoms with Crippen molar-refractivity contribution in [1.82, 2.24) is 9.80 Å². The van der Waals surface area contributed by atoms with Crippen LogP contribution in [-0.4, -0.2) is 95.6 Å². The van der Waals surface area contributed by atoms with Crippen molar-refractivity contribution in [3.05, 3.63) is 150 Å². The maximum Gasteiger partial charge on any atom is 0.342 e. The van der Waals surface area contributed by atoms with Gasteiger partial charge in [0.15, 0.2) is 0 Å². The molecule has 2 aliphatic heterocycles. The van der Waals surface area contributed by atoms with Crippen LogP contribution in [0.15, 0.2) is 170 Å². The number of anilines is 2. The second-order valence-corrected chi connectivity index (χ2v) is 17.9. The van der Waals surface area contributed by atoms with Gasteiger partial charge in [-0.1, -0.05) is 91.1 Å². The van der Waals surface area contributed by atoms with Gasteiger partial charge in [-0.2, -0.15) is 37.3 Å². The van der Waals surface area contributed by atoms with Crippen molar-refractivity contribution >= 4 is 78.6 Å². The number of para-hydroxylation sites is 2. The lowest BCUT2D eigenvalue weighted by atomic mass is 9.97. The Kier molecular flexibility index (Phi) is 12.3. The van der Waals surface area contributed by atoms with E-state index in [4.69, 9.17) is 0 Å². The van der Waals surface area contributed by atoms with Gasteiger partial charge >= 0.3 is 12.1 Å². The molecule has 3 aromatic carbocycles. The first-order chi connectivity index (χ1) is 31.5. The number of benzene rings is 3. The summed E-state index contributed by atoms with van der Waals surface area (Å²) in [5.41, 5.74) is -0.591. The van der Waals surface area contributed by atoms with Crippen molar-refractivity contribution in [2.45, 2.75) is 54.7 Å². The average Bonchev–Trinajstić information content (AvgIpc) is 3.30. The summed E-state index contributed by atoms with van der Waals surface area (Å²) in [7, 11) is -10.4. The van der Waals surface area contributed by atoms with E-state index in [1.807, 2.05) is 6.08 Å². The summed E-state index contributed by atoms with van der Waals surface area (Å²) in [6, 6.07) is 10.9. The molecule has 3 aromatic rings. The fraction of sp³-hybridized carbons (Fsp3) is 0.182. The highest BCUT2D eigenvalue weighted by Gasteiger charge is 2.50. The number of barbiturate groups is 2. The fourth-order valence-corrected chi connectivity index (χ4v) is 9.31. The van der Waals surface area contributed by atoms with Crippen molar-refractivity contribution in [2.75, 3.05) is 9.80 Å². The molecule has 4 atom stereocenters. The molecule has 8 rings (SSSR count). The number of amides is 8. The molecule has 5 aliphatic rings. The maximum atomic E-state index is 13.8. The number of urea groups is 2. The van der Waals surface area contributed by atoms with Crippen molar-refractivity contribution in [2.24, 2.45) is 20.5 Å². The summed E-state index contributed by atoms with van der Waals surface area (Å²) in [5.74, 6) is -4.08. The molecule has 0 aromatic heterocycles. The van der Waals surface area contributed by atoms with Crippen LogP contribution in [0.1, 0.15) is 31.2 Å². The van der Waals surface area contributed by atoms with Gasteiger partial charge in [0, 0.05) is 17.7 Å². The third-order valence-corrected chi connectivity index (χ3v) is 12.8. The molecule has 336 valence electrons. The quantitative estimate of drug-likeness (QED) is 0.123. The number of hydrogen-bond donors (Lipinski definition) is 2. The molecule has 66 heavy (non-hydrogen) atoms. The molecule has 3 aliphatic carbocycles. The molecule has 2 N–H and O–H groups in total. The van der Waals surface area contributed by atoms with Crippen molar-refractivity contribution < 1.29 is 54.7 Å². The Bertz CT molecular complexity index is 3050. The summed E-state index contributed by atoms with van der Waals surface area (Å²) in [4.78, 5) is 83.9.